The van der Waals surface area contributed by atoms with Gasteiger partial charge in [-0.25, -0.2) is 18.2 Å². The van der Waals surface area contributed by atoms with Crippen molar-refractivity contribution in [3.8, 4) is 11.3 Å². The van der Waals surface area contributed by atoms with Crippen LogP contribution in [-0.2, 0) is 11.2 Å². The van der Waals surface area contributed by atoms with E-state index in [2.05, 4.69) is 9.97 Å². The molecule has 0 radical (unpaired) electrons. The van der Waals surface area contributed by atoms with Crippen LogP contribution >= 0.6 is 0 Å². The number of hydrogen-bond donors (Lipinski definition) is 2. The molecule has 1 fully saturated rings. The Balaban J connectivity index is 1.64. The van der Waals surface area contributed by atoms with E-state index in [1.54, 1.807) is 12.3 Å². The number of rotatable bonds is 5. The maximum atomic E-state index is 14.4. The normalized spacial score (nSPS) is 22.4. The van der Waals surface area contributed by atoms with Gasteiger partial charge in [-0.3, -0.25) is 9.78 Å². The van der Waals surface area contributed by atoms with Crippen LogP contribution in [0.15, 0.2) is 48.8 Å². The monoisotopic (exact) mass is 499 g/mol. The van der Waals surface area contributed by atoms with Crippen LogP contribution in [0.1, 0.15) is 54.9 Å². The lowest BCUT2D eigenvalue weighted by atomic mass is 9.79. The highest BCUT2D eigenvalue weighted by Gasteiger charge is 2.42. The van der Waals surface area contributed by atoms with Crippen molar-refractivity contribution in [1.29, 1.82) is 0 Å². The molecule has 2 aromatic heterocycles. The highest BCUT2D eigenvalue weighted by atomic mass is 19.1. The molecule has 36 heavy (non-hydrogen) atoms. The Morgan fingerprint density at radius 2 is 1.81 bits per heavy atom. The molecule has 0 unspecified atom stereocenters. The van der Waals surface area contributed by atoms with Crippen molar-refractivity contribution in [1.82, 2.24) is 9.97 Å². The molecule has 1 aliphatic rings. The number of nitrogens with two attached hydrogens (primary N) is 1. The highest BCUT2D eigenvalue weighted by Crippen LogP contribution is 2.39. The van der Waals surface area contributed by atoms with Gasteiger partial charge >= 0.3 is 0 Å². The second kappa shape index (κ2) is 10.1. The van der Waals surface area contributed by atoms with Crippen molar-refractivity contribution < 1.29 is 27.8 Å². The number of aromatic nitrogens is 2. The summed E-state index contributed by atoms with van der Waals surface area (Å²) >= 11 is 0. The smallest absolute Gasteiger partial charge is 0.185 e. The zero-order valence-electron chi connectivity index (χ0n) is 20.2. The minimum Gasteiger partial charge on any atom is -0.389 e. The molecule has 0 saturated carbocycles. The quantitative estimate of drug-likeness (QED) is 0.500. The standard InChI is InChI=1S/C27H28F3N3O3/c1-27(2,3)26-25(35)19(31)12-22(36-26)15-9-10-32-13-14(15)11-21(34)20-8-7-18(30)24(33-20)23-16(28)5-4-6-17(23)29/h4-10,13,19,22,25-26,35H,11-12,31H2,1-3H3/t19-,22+,25-,26-/m1/s1. The van der Waals surface area contributed by atoms with Crippen LogP contribution in [0.4, 0.5) is 13.2 Å². The summed E-state index contributed by atoms with van der Waals surface area (Å²) in [5, 5.41) is 10.6. The molecule has 1 aliphatic heterocycles. The molecule has 0 aliphatic carbocycles. The molecule has 0 bridgehead atoms. The number of halogens is 3. The fourth-order valence-corrected chi connectivity index (χ4v) is 4.50. The number of hydrogen-bond acceptors (Lipinski definition) is 6. The minimum atomic E-state index is -0.984. The van der Waals surface area contributed by atoms with Crippen LogP contribution in [0.3, 0.4) is 0 Å². The van der Waals surface area contributed by atoms with Crippen LogP contribution in [-0.4, -0.2) is 39.1 Å². The van der Waals surface area contributed by atoms with E-state index in [1.165, 1.54) is 12.3 Å². The van der Waals surface area contributed by atoms with Crippen molar-refractivity contribution in [2.75, 3.05) is 0 Å². The average Bonchev–Trinajstić information content (AvgIpc) is 2.81. The molecular formula is C27H28F3N3O3. The van der Waals surface area contributed by atoms with Gasteiger partial charge < -0.3 is 15.6 Å². The summed E-state index contributed by atoms with van der Waals surface area (Å²) in [7, 11) is 0. The molecule has 0 spiro atoms. The Hall–Kier alpha value is -3.14. The number of Topliss-reactive ketones (excluding diaryl/α,β-unsaturated/α-hetero) is 1. The van der Waals surface area contributed by atoms with Gasteiger partial charge in [0.05, 0.1) is 23.9 Å². The van der Waals surface area contributed by atoms with Gasteiger partial charge in [-0.15, -0.1) is 0 Å². The highest BCUT2D eigenvalue weighted by molar-refractivity contribution is 5.96. The summed E-state index contributed by atoms with van der Waals surface area (Å²) in [6.07, 6.45) is 1.44. The van der Waals surface area contributed by atoms with E-state index in [0.29, 0.717) is 17.5 Å². The van der Waals surface area contributed by atoms with E-state index < -0.39 is 58.8 Å². The first-order valence-electron chi connectivity index (χ1n) is 11.6. The molecule has 6 nitrogen and oxygen atoms in total. The van der Waals surface area contributed by atoms with Crippen LogP contribution in [0.25, 0.3) is 11.3 Å². The zero-order valence-corrected chi connectivity index (χ0v) is 20.2. The topological polar surface area (TPSA) is 98.3 Å². The molecular weight excluding hydrogens is 471 g/mol. The molecule has 4 rings (SSSR count). The molecule has 3 aromatic rings. The number of ketones is 1. The largest absolute Gasteiger partial charge is 0.389 e. The molecule has 190 valence electrons. The predicted octanol–water partition coefficient (Wildman–Crippen LogP) is 4.55. The Kier molecular flexibility index (Phi) is 7.26. The van der Waals surface area contributed by atoms with Crippen LogP contribution < -0.4 is 5.73 Å². The van der Waals surface area contributed by atoms with Gasteiger partial charge in [-0.2, -0.15) is 0 Å². The first-order valence-corrected chi connectivity index (χ1v) is 11.6. The van der Waals surface area contributed by atoms with Gasteiger partial charge in [0.15, 0.2) is 5.78 Å². The fourth-order valence-electron chi connectivity index (χ4n) is 4.50. The minimum absolute atomic E-state index is 0.145. The second-order valence-electron chi connectivity index (χ2n) is 10.1. The zero-order chi connectivity index (χ0) is 26.2. The molecule has 4 atom stereocenters. The maximum absolute atomic E-state index is 14.4. The molecule has 3 N–H and O–H groups in total. The Labute approximate surface area is 207 Å². The maximum Gasteiger partial charge on any atom is 0.185 e. The average molecular weight is 500 g/mol. The summed E-state index contributed by atoms with van der Waals surface area (Å²) in [6, 6.07) is 6.49. The van der Waals surface area contributed by atoms with Gasteiger partial charge in [0, 0.05) is 24.9 Å². The van der Waals surface area contributed by atoms with Crippen molar-refractivity contribution in [3.63, 3.8) is 0 Å². The van der Waals surface area contributed by atoms with E-state index in [-0.39, 0.29) is 17.5 Å². The van der Waals surface area contributed by atoms with Gasteiger partial charge in [0.1, 0.15) is 28.8 Å². The predicted molar refractivity (Wildman–Crippen MR) is 127 cm³/mol. The number of carbonyl (C=O) groups excluding carboxylic acids is 1. The molecule has 1 aromatic carbocycles. The number of nitrogens with zero attached hydrogens (tertiary/aromatic N) is 2. The number of benzene rings is 1. The van der Waals surface area contributed by atoms with Gasteiger partial charge in [-0.1, -0.05) is 26.8 Å². The van der Waals surface area contributed by atoms with E-state index >= 15 is 0 Å². The first kappa shape index (κ1) is 25.9. The lowest BCUT2D eigenvalue weighted by Gasteiger charge is -2.44. The van der Waals surface area contributed by atoms with E-state index in [1.807, 2.05) is 20.8 Å². The fraction of sp³-hybridized carbons (Fsp3) is 0.370. The van der Waals surface area contributed by atoms with Crippen molar-refractivity contribution in [2.24, 2.45) is 11.1 Å². The molecule has 3 heterocycles. The molecule has 0 amide bonds. The number of ether oxygens (including phenoxy) is 1. The lowest BCUT2D eigenvalue weighted by molar-refractivity contribution is -0.167. The summed E-state index contributed by atoms with van der Waals surface area (Å²) in [5.74, 6) is -3.41. The van der Waals surface area contributed by atoms with Crippen LogP contribution in [0, 0.1) is 22.9 Å². The van der Waals surface area contributed by atoms with E-state index in [0.717, 1.165) is 24.3 Å². The van der Waals surface area contributed by atoms with Gasteiger partial charge in [0.2, 0.25) is 0 Å². The summed E-state index contributed by atoms with van der Waals surface area (Å²) in [4.78, 5) is 21.2. The third kappa shape index (κ3) is 5.18. The van der Waals surface area contributed by atoms with Gasteiger partial charge in [-0.05, 0) is 53.3 Å². The number of aliphatic hydroxyl groups is 1. The summed E-state index contributed by atoms with van der Waals surface area (Å²) in [6.45, 7) is 5.84. The summed E-state index contributed by atoms with van der Waals surface area (Å²) in [5.41, 5.74) is 5.73. The van der Waals surface area contributed by atoms with Gasteiger partial charge in [0.25, 0.3) is 0 Å². The third-order valence-corrected chi connectivity index (χ3v) is 6.37. The Morgan fingerprint density at radius 1 is 1.11 bits per heavy atom. The van der Waals surface area contributed by atoms with Crippen molar-refractivity contribution in [2.45, 2.75) is 58.0 Å². The van der Waals surface area contributed by atoms with Crippen molar-refractivity contribution >= 4 is 5.78 Å². The first-order chi connectivity index (χ1) is 17.0. The molecule has 9 heteroatoms. The SMILES string of the molecule is CC(C)(C)[C@@H]1O[C@H](c2ccncc2CC(=O)c2ccc(F)c(-c3c(F)cccc3F)n2)C[C@@H](N)[C@H]1O. The van der Waals surface area contributed by atoms with Crippen molar-refractivity contribution in [3.05, 3.63) is 83.1 Å². The number of carbonyl (C=O) groups is 1. The number of aliphatic hydroxyl groups excluding tert-OH is 1. The Morgan fingerprint density at radius 3 is 2.47 bits per heavy atom. The van der Waals surface area contributed by atoms with E-state index in [9.17, 15) is 23.1 Å². The molecule has 1 saturated heterocycles. The van der Waals surface area contributed by atoms with Crippen LogP contribution in [0.5, 0.6) is 0 Å². The van der Waals surface area contributed by atoms with E-state index in [4.69, 9.17) is 10.5 Å². The lowest BCUT2D eigenvalue weighted by Crippen LogP contribution is -2.54. The second-order valence-corrected chi connectivity index (χ2v) is 10.1. The number of pyridine rings is 2. The van der Waals surface area contributed by atoms with Crippen LogP contribution in [0.2, 0.25) is 0 Å². The third-order valence-electron chi connectivity index (χ3n) is 6.37. The Bertz CT molecular complexity index is 1260. The summed E-state index contributed by atoms with van der Waals surface area (Å²) < 4.78 is 49.2.